The summed E-state index contributed by atoms with van der Waals surface area (Å²) in [7, 11) is 0. The number of alkyl halides is 2. The van der Waals surface area contributed by atoms with Crippen LogP contribution in [0, 0.1) is 0 Å². The average Bonchev–Trinajstić information content (AvgIpc) is 2.14. The van der Waals surface area contributed by atoms with Crippen LogP contribution in [0.1, 0.15) is 11.3 Å². The number of hydrogen-bond donors (Lipinski definition) is 0. The Morgan fingerprint density at radius 2 is 2.22 bits per heavy atom. The molecule has 0 spiro atoms. The molecule has 0 saturated heterocycles. The van der Waals surface area contributed by atoms with Crippen LogP contribution in [0.2, 0.25) is 5.02 Å². The van der Waals surface area contributed by atoms with Crippen molar-refractivity contribution in [1.29, 1.82) is 0 Å². The van der Waals surface area contributed by atoms with Gasteiger partial charge < -0.3 is 0 Å². The molecule has 1 aromatic heterocycles. The lowest BCUT2D eigenvalue weighted by Crippen LogP contribution is -1.72. The summed E-state index contributed by atoms with van der Waals surface area (Å²) in [6.07, 6.45) is -2.39. The van der Waals surface area contributed by atoms with Crippen molar-refractivity contribution in [2.45, 2.75) is 6.43 Å². The molecule has 0 aromatic carbocycles. The van der Waals surface area contributed by atoms with Gasteiger partial charge >= 0.3 is 0 Å². The van der Waals surface area contributed by atoms with Crippen molar-refractivity contribution < 1.29 is 8.78 Å². The van der Waals surface area contributed by atoms with Crippen LogP contribution >= 0.6 is 22.9 Å². The normalized spacial score (nSPS) is 10.7. The van der Waals surface area contributed by atoms with Gasteiger partial charge in [0.15, 0.2) is 0 Å². The van der Waals surface area contributed by atoms with Crippen molar-refractivity contribution in [2.24, 2.45) is 0 Å². The smallest absolute Gasteiger partial charge is 0.204 e. The average molecular weight is 169 g/mol. The molecule has 0 unspecified atom stereocenters. The summed E-state index contributed by atoms with van der Waals surface area (Å²) >= 11 is 6.36. The molecule has 0 aliphatic carbocycles. The zero-order chi connectivity index (χ0) is 6.85. The zero-order valence-corrected chi connectivity index (χ0v) is 5.85. The van der Waals surface area contributed by atoms with E-state index in [0.29, 0.717) is 5.02 Å². The molecule has 0 atom stereocenters. The maximum Gasteiger partial charge on any atom is 0.272 e. The lowest BCUT2D eigenvalue weighted by atomic mass is 10.5. The van der Waals surface area contributed by atoms with Gasteiger partial charge in [-0.1, -0.05) is 11.6 Å². The highest BCUT2D eigenvalue weighted by Gasteiger charge is 2.08. The molecule has 0 aliphatic rings. The zero-order valence-electron chi connectivity index (χ0n) is 4.27. The largest absolute Gasteiger partial charge is 0.272 e. The quantitative estimate of drug-likeness (QED) is 0.604. The van der Waals surface area contributed by atoms with Gasteiger partial charge in [-0.15, -0.1) is 11.3 Å². The molecule has 0 fully saturated rings. The van der Waals surface area contributed by atoms with Gasteiger partial charge in [0.25, 0.3) is 6.43 Å². The van der Waals surface area contributed by atoms with Gasteiger partial charge in [0.2, 0.25) is 0 Å². The molecule has 9 heavy (non-hydrogen) atoms. The first-order valence-corrected chi connectivity index (χ1v) is 3.48. The molecule has 1 heterocycles. The fourth-order valence-electron chi connectivity index (χ4n) is 0.443. The van der Waals surface area contributed by atoms with Crippen molar-refractivity contribution in [3.8, 4) is 0 Å². The van der Waals surface area contributed by atoms with E-state index in [1.807, 2.05) is 0 Å². The van der Waals surface area contributed by atoms with Crippen LogP contribution in [0.15, 0.2) is 11.4 Å². The van der Waals surface area contributed by atoms with Gasteiger partial charge in [0.1, 0.15) is 0 Å². The molecule has 0 saturated carbocycles. The van der Waals surface area contributed by atoms with Crippen molar-refractivity contribution in [3.63, 3.8) is 0 Å². The minimum Gasteiger partial charge on any atom is -0.204 e. The first kappa shape index (κ1) is 6.96. The van der Waals surface area contributed by atoms with Crippen LogP contribution in [0.25, 0.3) is 0 Å². The van der Waals surface area contributed by atoms with Crippen LogP contribution in [-0.2, 0) is 0 Å². The second-order valence-corrected chi connectivity index (χ2v) is 2.85. The molecule has 0 radical (unpaired) electrons. The first-order valence-electron chi connectivity index (χ1n) is 2.22. The minimum absolute atomic E-state index is 0.0278. The van der Waals surface area contributed by atoms with Crippen LogP contribution in [0.5, 0.6) is 0 Å². The highest BCUT2D eigenvalue weighted by molar-refractivity contribution is 7.10. The van der Waals surface area contributed by atoms with Crippen molar-refractivity contribution in [3.05, 3.63) is 21.3 Å². The summed E-state index contributed by atoms with van der Waals surface area (Å²) in [6, 6.07) is 1.27. The third-order valence-electron chi connectivity index (χ3n) is 0.803. The fraction of sp³-hybridized carbons (Fsp3) is 0.200. The maximum absolute atomic E-state index is 11.7. The third kappa shape index (κ3) is 1.63. The van der Waals surface area contributed by atoms with Gasteiger partial charge in [-0.2, -0.15) is 0 Å². The van der Waals surface area contributed by atoms with Gasteiger partial charge in [-0.25, -0.2) is 8.78 Å². The number of thiophene rings is 1. The van der Waals surface area contributed by atoms with Crippen molar-refractivity contribution in [2.75, 3.05) is 0 Å². The van der Waals surface area contributed by atoms with E-state index < -0.39 is 6.43 Å². The summed E-state index contributed by atoms with van der Waals surface area (Å²) < 4.78 is 23.5. The molecule has 1 aromatic rings. The minimum atomic E-state index is -2.39. The predicted octanol–water partition coefficient (Wildman–Crippen LogP) is 3.34. The Labute approximate surface area is 60.1 Å². The van der Waals surface area contributed by atoms with Crippen molar-refractivity contribution in [1.82, 2.24) is 0 Å². The Morgan fingerprint density at radius 3 is 2.44 bits per heavy atom. The molecule has 0 amide bonds. The second-order valence-electron chi connectivity index (χ2n) is 1.47. The second kappa shape index (κ2) is 2.62. The van der Waals surface area contributed by atoms with E-state index in [2.05, 4.69) is 0 Å². The van der Waals surface area contributed by atoms with E-state index in [1.54, 1.807) is 0 Å². The Morgan fingerprint density at radius 1 is 1.56 bits per heavy atom. The van der Waals surface area contributed by atoms with Gasteiger partial charge in [-0.3, -0.25) is 0 Å². The summed E-state index contributed by atoms with van der Waals surface area (Å²) in [5.74, 6) is 0. The number of halogens is 3. The molecule has 0 aliphatic heterocycles. The summed E-state index contributed by atoms with van der Waals surface area (Å²) in [4.78, 5) is 0.0278. The molecule has 4 heteroatoms. The number of hydrogen-bond acceptors (Lipinski definition) is 1. The molecule has 0 N–H and O–H groups in total. The van der Waals surface area contributed by atoms with Crippen molar-refractivity contribution >= 4 is 22.9 Å². The molecular weight excluding hydrogens is 166 g/mol. The first-order chi connectivity index (χ1) is 4.20. The molecule has 0 nitrogen and oxygen atoms in total. The summed E-state index contributed by atoms with van der Waals surface area (Å²) in [5, 5.41) is 1.87. The molecule has 0 bridgehead atoms. The summed E-state index contributed by atoms with van der Waals surface area (Å²) in [5.41, 5.74) is 0. The Kier molecular flexibility index (Phi) is 2.03. The van der Waals surface area contributed by atoms with Gasteiger partial charge in [-0.05, 0) is 6.07 Å². The Bertz CT molecular complexity index is 197. The highest BCUT2D eigenvalue weighted by atomic mass is 35.5. The summed E-state index contributed by atoms with van der Waals surface area (Å²) in [6.45, 7) is 0. The van der Waals surface area contributed by atoms with E-state index in [-0.39, 0.29) is 4.88 Å². The Balaban J connectivity index is 2.85. The topological polar surface area (TPSA) is 0 Å². The molecular formula is C5H3ClF2S. The third-order valence-corrected chi connectivity index (χ3v) is 2.09. The van der Waals surface area contributed by atoms with E-state index in [1.165, 1.54) is 11.4 Å². The SMILES string of the molecule is FC(F)c1cc(Cl)cs1. The van der Waals surface area contributed by atoms with Crippen LogP contribution in [0.3, 0.4) is 0 Å². The fourth-order valence-corrected chi connectivity index (χ4v) is 1.37. The highest BCUT2D eigenvalue weighted by Crippen LogP contribution is 2.27. The lowest BCUT2D eigenvalue weighted by Gasteiger charge is -1.87. The van der Waals surface area contributed by atoms with Crippen LogP contribution in [-0.4, -0.2) is 0 Å². The maximum atomic E-state index is 11.7. The lowest BCUT2D eigenvalue weighted by molar-refractivity contribution is 0.155. The predicted molar refractivity (Wildman–Crippen MR) is 34.3 cm³/mol. The standard InChI is InChI=1S/C5H3ClF2S/c6-3-1-4(5(7)8)9-2-3/h1-2,5H. The monoisotopic (exact) mass is 168 g/mol. The van der Waals surface area contributed by atoms with E-state index in [9.17, 15) is 8.78 Å². The van der Waals surface area contributed by atoms with Crippen LogP contribution in [0.4, 0.5) is 8.78 Å². The molecule has 1 rings (SSSR count). The van der Waals surface area contributed by atoms with Gasteiger partial charge in [0.05, 0.1) is 9.90 Å². The Hall–Kier alpha value is -0.150. The van der Waals surface area contributed by atoms with E-state index in [0.717, 1.165) is 11.3 Å². The van der Waals surface area contributed by atoms with E-state index >= 15 is 0 Å². The molecule has 50 valence electrons. The van der Waals surface area contributed by atoms with Crippen LogP contribution < -0.4 is 0 Å². The van der Waals surface area contributed by atoms with E-state index in [4.69, 9.17) is 11.6 Å². The van der Waals surface area contributed by atoms with Gasteiger partial charge in [0, 0.05) is 5.38 Å². The number of rotatable bonds is 1.